The molecule has 7 heteroatoms. The van der Waals surface area contributed by atoms with Gasteiger partial charge in [-0.25, -0.2) is 9.59 Å². The van der Waals surface area contributed by atoms with Gasteiger partial charge in [0.05, 0.1) is 12.7 Å². The van der Waals surface area contributed by atoms with E-state index in [1.165, 1.54) is 13.2 Å². The maximum absolute atomic E-state index is 13.5. The maximum Gasteiger partial charge on any atom is 0.375 e. The van der Waals surface area contributed by atoms with Crippen molar-refractivity contribution in [1.29, 1.82) is 0 Å². The number of allylic oxidation sites excluding steroid dienone is 2. The van der Waals surface area contributed by atoms with E-state index < -0.39 is 17.5 Å². The molecule has 0 aliphatic carbocycles. The molecule has 0 fully saturated rings. The molecule has 0 saturated carbocycles. The fourth-order valence-electron chi connectivity index (χ4n) is 4.35. The van der Waals surface area contributed by atoms with Crippen molar-refractivity contribution < 1.29 is 33.3 Å². The molecule has 1 atom stereocenters. The Morgan fingerprint density at radius 1 is 0.925 bits per heavy atom. The fraction of sp³-hybridized carbons (Fsp3) is 0.273. The molecule has 0 N–H and O–H groups in total. The number of rotatable bonds is 15. The Kier molecular flexibility index (Phi) is 10.5. The number of carbonyl (C=O) groups excluding carboxylic acids is 2. The second kappa shape index (κ2) is 14.0. The van der Waals surface area contributed by atoms with Crippen LogP contribution in [0, 0.1) is 0 Å². The predicted octanol–water partition coefficient (Wildman–Crippen LogP) is 5.95. The molecule has 0 unspecified atom stereocenters. The third kappa shape index (κ3) is 6.91. The molecule has 210 valence electrons. The number of hydrogen-bond acceptors (Lipinski definition) is 7. The van der Waals surface area contributed by atoms with E-state index in [-0.39, 0.29) is 24.4 Å². The first-order valence-electron chi connectivity index (χ1n) is 12.9. The van der Waals surface area contributed by atoms with Crippen molar-refractivity contribution in [3.8, 4) is 11.5 Å². The monoisotopic (exact) mass is 544 g/mol. The normalized spacial score (nSPS) is 16.0. The molecule has 2 aromatic rings. The highest BCUT2D eigenvalue weighted by Gasteiger charge is 2.56. The van der Waals surface area contributed by atoms with Gasteiger partial charge in [0.15, 0.2) is 0 Å². The van der Waals surface area contributed by atoms with Gasteiger partial charge in [-0.15, -0.1) is 0 Å². The van der Waals surface area contributed by atoms with Gasteiger partial charge in [0.25, 0.3) is 0 Å². The van der Waals surface area contributed by atoms with Crippen LogP contribution in [0.1, 0.15) is 30.5 Å². The summed E-state index contributed by atoms with van der Waals surface area (Å²) in [5.74, 6) is -0.244. The van der Waals surface area contributed by atoms with Crippen LogP contribution in [0.3, 0.4) is 0 Å². The first-order valence-corrected chi connectivity index (χ1v) is 12.9. The number of esters is 2. The maximum atomic E-state index is 13.5. The highest BCUT2D eigenvalue weighted by atomic mass is 16.6. The predicted molar refractivity (Wildman–Crippen MR) is 155 cm³/mol. The summed E-state index contributed by atoms with van der Waals surface area (Å²) in [6.45, 7) is 15.8. The molecular weight excluding hydrogens is 508 g/mol. The Bertz CT molecular complexity index is 1310. The minimum Gasteiger partial charge on any atom is -0.490 e. The smallest absolute Gasteiger partial charge is 0.375 e. The van der Waals surface area contributed by atoms with E-state index in [1.54, 1.807) is 36.4 Å². The summed E-state index contributed by atoms with van der Waals surface area (Å²) in [7, 11) is 1.26. The summed E-state index contributed by atoms with van der Waals surface area (Å²) in [5.41, 5.74) is 1.86. The van der Waals surface area contributed by atoms with Crippen LogP contribution in [-0.4, -0.2) is 44.5 Å². The summed E-state index contributed by atoms with van der Waals surface area (Å²) in [6.07, 6.45) is 7.56. The molecule has 40 heavy (non-hydrogen) atoms. The molecule has 0 amide bonds. The zero-order valence-electron chi connectivity index (χ0n) is 23.4. The van der Waals surface area contributed by atoms with Crippen LogP contribution < -0.4 is 9.47 Å². The lowest BCUT2D eigenvalue weighted by molar-refractivity contribution is -0.169. The van der Waals surface area contributed by atoms with Crippen LogP contribution >= 0.6 is 0 Å². The third-order valence-corrected chi connectivity index (χ3v) is 6.12. The first-order chi connectivity index (χ1) is 19.3. The summed E-state index contributed by atoms with van der Waals surface area (Å²) < 4.78 is 28.3. The Hall–Kier alpha value is -4.52. The Balaban J connectivity index is 2.15. The zero-order chi connectivity index (χ0) is 29.1. The molecular formula is C33H36O7. The lowest BCUT2D eigenvalue weighted by Crippen LogP contribution is -2.44. The van der Waals surface area contributed by atoms with Gasteiger partial charge < -0.3 is 23.7 Å². The number of benzene rings is 2. The lowest BCUT2D eigenvalue weighted by Gasteiger charge is -2.28. The van der Waals surface area contributed by atoms with E-state index in [0.717, 1.165) is 16.7 Å². The Morgan fingerprint density at radius 2 is 1.57 bits per heavy atom. The molecule has 2 aromatic carbocycles. The summed E-state index contributed by atoms with van der Waals surface area (Å²) in [6, 6.07) is 12.6. The standard InChI is InChI=1S/C33H36O7/c1-7-18-37-27-15-13-25(14-16-27)29-30(39-20-9-3)31(34)40-33(29,32(35)36-6)22-24-11-17-28(38-19-8-2)26(21-24)12-10-23(4)5/h7-11,13-17,21H,1-3,12,18-20,22H2,4-6H3/t33-/m1/s1. The van der Waals surface area contributed by atoms with Gasteiger partial charge in [0.1, 0.15) is 31.3 Å². The molecule has 1 heterocycles. The van der Waals surface area contributed by atoms with E-state index in [0.29, 0.717) is 36.7 Å². The second-order valence-electron chi connectivity index (χ2n) is 9.34. The van der Waals surface area contributed by atoms with Gasteiger partial charge in [-0.3, -0.25) is 0 Å². The molecule has 0 spiro atoms. The fourth-order valence-corrected chi connectivity index (χ4v) is 4.35. The van der Waals surface area contributed by atoms with Crippen molar-refractivity contribution in [1.82, 2.24) is 0 Å². The van der Waals surface area contributed by atoms with Gasteiger partial charge in [-0.05, 0) is 55.2 Å². The van der Waals surface area contributed by atoms with Crippen LogP contribution in [0.2, 0.25) is 0 Å². The molecule has 0 bridgehead atoms. The average molecular weight is 545 g/mol. The Morgan fingerprint density at radius 3 is 2.20 bits per heavy atom. The number of methoxy groups -OCH3 is 1. The minimum absolute atomic E-state index is 0.0139. The van der Waals surface area contributed by atoms with E-state index in [1.807, 2.05) is 32.0 Å². The third-order valence-electron chi connectivity index (χ3n) is 6.12. The second-order valence-corrected chi connectivity index (χ2v) is 9.34. The zero-order valence-corrected chi connectivity index (χ0v) is 23.4. The van der Waals surface area contributed by atoms with Gasteiger partial charge >= 0.3 is 11.9 Å². The molecule has 1 aliphatic heterocycles. The highest BCUT2D eigenvalue weighted by Crippen LogP contribution is 2.44. The van der Waals surface area contributed by atoms with Crippen LogP contribution in [0.4, 0.5) is 0 Å². The largest absolute Gasteiger partial charge is 0.490 e. The number of cyclic esters (lactones) is 1. The van der Waals surface area contributed by atoms with Crippen molar-refractivity contribution in [2.75, 3.05) is 26.9 Å². The first kappa shape index (κ1) is 30.0. The van der Waals surface area contributed by atoms with E-state index >= 15 is 0 Å². The minimum atomic E-state index is -1.79. The van der Waals surface area contributed by atoms with Gasteiger partial charge in [0, 0.05) is 6.42 Å². The van der Waals surface area contributed by atoms with E-state index in [4.69, 9.17) is 23.7 Å². The molecule has 0 aromatic heterocycles. The van der Waals surface area contributed by atoms with Crippen molar-refractivity contribution in [2.45, 2.75) is 32.3 Å². The van der Waals surface area contributed by atoms with Crippen molar-refractivity contribution in [3.63, 3.8) is 0 Å². The molecule has 0 saturated heterocycles. The van der Waals surface area contributed by atoms with Crippen molar-refractivity contribution in [3.05, 3.63) is 115 Å². The molecule has 1 aliphatic rings. The summed E-state index contributed by atoms with van der Waals surface area (Å²) >= 11 is 0. The molecule has 0 radical (unpaired) electrons. The number of carbonyl (C=O) groups is 2. The summed E-state index contributed by atoms with van der Waals surface area (Å²) in [4.78, 5) is 26.7. The van der Waals surface area contributed by atoms with Gasteiger partial charge in [-0.1, -0.05) is 73.9 Å². The van der Waals surface area contributed by atoms with Gasteiger partial charge in [0.2, 0.25) is 11.4 Å². The molecule has 7 nitrogen and oxygen atoms in total. The lowest BCUT2D eigenvalue weighted by atomic mass is 9.82. The van der Waals surface area contributed by atoms with Crippen LogP contribution in [0.25, 0.3) is 5.57 Å². The molecule has 3 rings (SSSR count). The Labute approximate surface area is 236 Å². The number of hydrogen-bond donors (Lipinski definition) is 0. The van der Waals surface area contributed by atoms with Crippen molar-refractivity contribution >= 4 is 17.5 Å². The average Bonchev–Trinajstić information content (AvgIpc) is 3.24. The number of ether oxygens (including phenoxy) is 5. The van der Waals surface area contributed by atoms with Gasteiger partial charge in [-0.2, -0.15) is 0 Å². The topological polar surface area (TPSA) is 80.3 Å². The van der Waals surface area contributed by atoms with E-state index in [2.05, 4.69) is 25.8 Å². The van der Waals surface area contributed by atoms with Crippen LogP contribution in [0.15, 0.2) is 97.8 Å². The van der Waals surface area contributed by atoms with Crippen LogP contribution in [-0.2, 0) is 36.6 Å². The van der Waals surface area contributed by atoms with Crippen LogP contribution in [0.5, 0.6) is 11.5 Å². The SMILES string of the molecule is C=CCOC1=C(c2ccc(OCC=C)cc2)[C@](Cc2ccc(OCC=C)c(CC=C(C)C)c2)(C(=O)OC)OC1=O. The quantitative estimate of drug-likeness (QED) is 0.202. The highest BCUT2D eigenvalue weighted by molar-refractivity contribution is 6.11. The van der Waals surface area contributed by atoms with E-state index in [9.17, 15) is 9.59 Å². The summed E-state index contributed by atoms with van der Waals surface area (Å²) in [5, 5.41) is 0. The van der Waals surface area contributed by atoms with Crippen molar-refractivity contribution in [2.24, 2.45) is 0 Å².